The van der Waals surface area contributed by atoms with Crippen molar-refractivity contribution >= 4 is 49.3 Å². The average Bonchev–Trinajstić information content (AvgIpc) is 3.70. The molecule has 0 aliphatic rings. The highest BCUT2D eigenvalue weighted by Gasteiger charge is 2.20. The van der Waals surface area contributed by atoms with E-state index in [-0.39, 0.29) is 0 Å². The van der Waals surface area contributed by atoms with E-state index in [1.54, 1.807) is 12.1 Å². The quantitative estimate of drug-likeness (QED) is 0.181. The van der Waals surface area contributed by atoms with Crippen LogP contribution >= 0.6 is 0 Å². The van der Waals surface area contributed by atoms with E-state index >= 15 is 0 Å². The maximum Gasteiger partial charge on any atom is 0.189 e. The van der Waals surface area contributed by atoms with Gasteiger partial charge in [-0.3, -0.25) is 0 Å². The molecular formula is C45H25N5. The Morgan fingerprint density at radius 3 is 1.86 bits per heavy atom. The maximum atomic E-state index is 10.1. The Hall–Kier alpha value is -7.39. The Balaban J connectivity index is 1.30. The average molecular weight is 636 g/mol. The summed E-state index contributed by atoms with van der Waals surface area (Å²) in [5, 5.41) is 23.8. The third-order valence-electron chi connectivity index (χ3n) is 9.58. The summed E-state index contributed by atoms with van der Waals surface area (Å²) in [4.78, 5) is 3.91. The fourth-order valence-electron chi connectivity index (χ4n) is 7.50. The normalized spacial score (nSPS) is 11.1. The van der Waals surface area contributed by atoms with Crippen molar-refractivity contribution in [3.8, 4) is 45.8 Å². The Morgan fingerprint density at radius 2 is 1.14 bits per heavy atom. The van der Waals surface area contributed by atoms with Gasteiger partial charge in [-0.05, 0) is 83.4 Å². The zero-order valence-corrected chi connectivity index (χ0v) is 26.7. The molecule has 0 bridgehead atoms. The third-order valence-corrected chi connectivity index (χ3v) is 9.58. The number of fused-ring (bicyclic) bond motifs is 6. The summed E-state index contributed by atoms with van der Waals surface area (Å²) in [5.41, 5.74) is 11.4. The molecule has 0 spiro atoms. The Morgan fingerprint density at radius 1 is 0.500 bits per heavy atom. The van der Waals surface area contributed by atoms with E-state index in [0.29, 0.717) is 16.8 Å². The van der Waals surface area contributed by atoms with Crippen LogP contribution in [0.2, 0.25) is 0 Å². The van der Waals surface area contributed by atoms with E-state index in [9.17, 15) is 10.5 Å². The van der Waals surface area contributed by atoms with E-state index in [0.717, 1.165) is 66.5 Å². The highest BCUT2D eigenvalue weighted by Crippen LogP contribution is 2.42. The first-order valence-corrected chi connectivity index (χ1v) is 16.3. The first kappa shape index (κ1) is 28.8. The number of nitrogens with zero attached hydrogens (tertiary/aromatic N) is 5. The molecule has 230 valence electrons. The molecule has 50 heavy (non-hydrogen) atoms. The lowest BCUT2D eigenvalue weighted by Crippen LogP contribution is -1.98. The Labute approximate surface area is 288 Å². The monoisotopic (exact) mass is 635 g/mol. The predicted molar refractivity (Wildman–Crippen MR) is 202 cm³/mol. The minimum Gasteiger partial charge on any atom is -0.310 e. The van der Waals surface area contributed by atoms with Crippen LogP contribution in [0.25, 0.3) is 82.1 Å². The van der Waals surface area contributed by atoms with E-state index < -0.39 is 0 Å². The molecule has 9 aromatic rings. The van der Waals surface area contributed by atoms with Crippen LogP contribution in [0, 0.1) is 29.2 Å². The molecule has 0 aliphatic carbocycles. The number of hydrogen-bond donors (Lipinski definition) is 0. The summed E-state index contributed by atoms with van der Waals surface area (Å²) in [6.07, 6.45) is 0. The van der Waals surface area contributed by atoms with Gasteiger partial charge in [0.1, 0.15) is 0 Å². The van der Waals surface area contributed by atoms with Crippen molar-refractivity contribution in [2.24, 2.45) is 0 Å². The first-order valence-electron chi connectivity index (χ1n) is 16.3. The summed E-state index contributed by atoms with van der Waals surface area (Å²) < 4.78 is 4.44. The fourth-order valence-corrected chi connectivity index (χ4v) is 7.50. The second-order valence-electron chi connectivity index (χ2n) is 12.3. The molecule has 0 radical (unpaired) electrons. The number of nitriles is 2. The second kappa shape index (κ2) is 11.4. The molecule has 0 saturated heterocycles. The predicted octanol–water partition coefficient (Wildman–Crippen LogP) is 11.5. The highest BCUT2D eigenvalue weighted by atomic mass is 15.0. The van der Waals surface area contributed by atoms with Crippen molar-refractivity contribution in [3.63, 3.8) is 0 Å². The molecule has 5 heteroatoms. The maximum absolute atomic E-state index is 10.1. The number of hydrogen-bond acceptors (Lipinski definition) is 2. The molecule has 9 rings (SSSR count). The van der Waals surface area contributed by atoms with E-state index in [1.807, 2.05) is 42.5 Å². The molecule has 0 fully saturated rings. The van der Waals surface area contributed by atoms with Gasteiger partial charge in [-0.15, -0.1) is 0 Å². The van der Waals surface area contributed by atoms with Gasteiger partial charge in [-0.25, -0.2) is 4.85 Å². The molecule has 5 nitrogen and oxygen atoms in total. The van der Waals surface area contributed by atoms with Gasteiger partial charge in [0.05, 0.1) is 57.6 Å². The molecule has 0 aliphatic heterocycles. The second-order valence-corrected chi connectivity index (χ2v) is 12.3. The minimum atomic E-state index is 0.503. The van der Waals surface area contributed by atoms with Gasteiger partial charge in [0.25, 0.3) is 0 Å². The molecule has 2 aromatic heterocycles. The molecule has 7 aromatic carbocycles. The third kappa shape index (κ3) is 4.31. The Kier molecular flexibility index (Phi) is 6.56. The van der Waals surface area contributed by atoms with Gasteiger partial charge in [-0.2, -0.15) is 10.5 Å². The molecule has 0 unspecified atom stereocenters. The number of para-hydroxylation sites is 3. The van der Waals surface area contributed by atoms with Gasteiger partial charge in [-0.1, -0.05) is 84.9 Å². The number of rotatable bonds is 4. The van der Waals surface area contributed by atoms with Gasteiger partial charge in [0.15, 0.2) is 5.69 Å². The zero-order valence-electron chi connectivity index (χ0n) is 26.7. The number of benzene rings is 7. The molecule has 0 saturated carbocycles. The summed E-state index contributed by atoms with van der Waals surface area (Å²) in [7, 11) is 0. The molecule has 0 N–H and O–H groups in total. The summed E-state index contributed by atoms with van der Waals surface area (Å²) in [6.45, 7) is 8.10. The van der Waals surface area contributed by atoms with E-state index in [1.165, 1.54) is 10.8 Å². The van der Waals surface area contributed by atoms with Crippen LogP contribution < -0.4 is 0 Å². The van der Waals surface area contributed by atoms with Crippen LogP contribution in [0.4, 0.5) is 5.69 Å². The van der Waals surface area contributed by atoms with Crippen molar-refractivity contribution in [1.29, 1.82) is 10.5 Å². The SMILES string of the molecule is [C-]#[N+]c1cc(-c2ccccc2-c2ccccc2-n2c3ccccc3c3ccccc32)cc(-n2c3ccc(C#N)cc3c3c(C#N)cccc32)c1. The van der Waals surface area contributed by atoms with Crippen LogP contribution in [0.15, 0.2) is 152 Å². The topological polar surface area (TPSA) is 61.8 Å². The lowest BCUT2D eigenvalue weighted by molar-refractivity contribution is 1.18. The fraction of sp³-hybridized carbons (Fsp3) is 0. The minimum absolute atomic E-state index is 0.503. The van der Waals surface area contributed by atoms with Crippen molar-refractivity contribution in [1.82, 2.24) is 9.13 Å². The standard InChI is InChI=1S/C45H25N5/c1-48-32-24-31(25-33(26-32)49-43-22-21-29(27-46)23-39(43)45-30(28-47)11-10-20-44(45)49)34-12-2-3-13-35(34)36-14-4-7-17-40(36)50-41-18-8-5-15-37(41)38-16-6-9-19-42(38)50/h2-26H. The van der Waals surface area contributed by atoms with Crippen LogP contribution in [0.3, 0.4) is 0 Å². The first-order chi connectivity index (χ1) is 24.7. The van der Waals surface area contributed by atoms with Crippen LogP contribution in [-0.2, 0) is 0 Å². The lowest BCUT2D eigenvalue weighted by Gasteiger charge is -2.18. The van der Waals surface area contributed by atoms with Gasteiger partial charge in [0.2, 0.25) is 0 Å². The van der Waals surface area contributed by atoms with Crippen LogP contribution in [0.5, 0.6) is 0 Å². The summed E-state index contributed by atoms with van der Waals surface area (Å²) >= 11 is 0. The van der Waals surface area contributed by atoms with Gasteiger partial charge >= 0.3 is 0 Å². The molecular weight excluding hydrogens is 611 g/mol. The molecule has 0 amide bonds. The lowest BCUT2D eigenvalue weighted by atomic mass is 9.93. The van der Waals surface area contributed by atoms with Crippen LogP contribution in [-0.4, -0.2) is 9.13 Å². The molecule has 2 heterocycles. The zero-order chi connectivity index (χ0) is 33.8. The van der Waals surface area contributed by atoms with Crippen LogP contribution in [0.1, 0.15) is 11.1 Å². The number of aromatic nitrogens is 2. The van der Waals surface area contributed by atoms with Crippen molar-refractivity contribution in [2.45, 2.75) is 0 Å². The Bertz CT molecular complexity index is 2920. The smallest absolute Gasteiger partial charge is 0.189 e. The largest absolute Gasteiger partial charge is 0.310 e. The summed E-state index contributed by atoms with van der Waals surface area (Å²) in [5.74, 6) is 0. The van der Waals surface area contributed by atoms with Crippen molar-refractivity contribution < 1.29 is 0 Å². The van der Waals surface area contributed by atoms with E-state index in [4.69, 9.17) is 6.57 Å². The molecule has 0 atom stereocenters. The summed E-state index contributed by atoms with van der Waals surface area (Å²) in [6, 6.07) is 55.7. The van der Waals surface area contributed by atoms with E-state index in [2.05, 4.69) is 123 Å². The van der Waals surface area contributed by atoms with Gasteiger partial charge < -0.3 is 9.13 Å². The van der Waals surface area contributed by atoms with Gasteiger partial charge in [0, 0.05) is 32.8 Å². The van der Waals surface area contributed by atoms with Crippen molar-refractivity contribution in [3.05, 3.63) is 174 Å². The highest BCUT2D eigenvalue weighted by molar-refractivity contribution is 6.13. The van der Waals surface area contributed by atoms with Crippen molar-refractivity contribution in [2.75, 3.05) is 0 Å².